The second-order valence-electron chi connectivity index (χ2n) is 5.69. The average molecular weight is 350 g/mol. The molecule has 0 N–H and O–H groups in total. The maximum atomic E-state index is 11.6. The van der Waals surface area contributed by atoms with E-state index < -0.39 is 0 Å². The van der Waals surface area contributed by atoms with Gasteiger partial charge in [-0.05, 0) is 22.3 Å². The smallest absolute Gasteiger partial charge is 0.310 e. The highest BCUT2D eigenvalue weighted by Gasteiger charge is 2.06. The highest BCUT2D eigenvalue weighted by atomic mass is 16.5. The topological polar surface area (TPSA) is 52.6 Å². The summed E-state index contributed by atoms with van der Waals surface area (Å²) < 4.78 is 9.96. The molecule has 0 atom stereocenters. The number of esters is 2. The van der Waals surface area contributed by atoms with Gasteiger partial charge in [0.25, 0.3) is 0 Å². The van der Waals surface area contributed by atoms with Crippen molar-refractivity contribution in [2.75, 3.05) is 13.2 Å². The van der Waals surface area contributed by atoms with Gasteiger partial charge in [-0.1, -0.05) is 73.8 Å². The second-order valence-corrected chi connectivity index (χ2v) is 5.69. The molecule has 0 aromatic heterocycles. The lowest BCUT2D eigenvalue weighted by Crippen LogP contribution is -2.07. The van der Waals surface area contributed by atoms with Gasteiger partial charge in [0, 0.05) is 0 Å². The molecule has 4 heteroatoms. The summed E-state index contributed by atoms with van der Waals surface area (Å²) in [5.41, 5.74) is 3.86. The second kappa shape index (κ2) is 9.99. The van der Waals surface area contributed by atoms with Crippen LogP contribution in [-0.4, -0.2) is 25.2 Å². The van der Waals surface area contributed by atoms with Gasteiger partial charge in [-0.3, -0.25) is 9.59 Å². The molecule has 0 aliphatic heterocycles. The van der Waals surface area contributed by atoms with E-state index in [0.717, 1.165) is 22.3 Å². The third-order valence-electron chi connectivity index (χ3n) is 3.66. The van der Waals surface area contributed by atoms with Crippen LogP contribution < -0.4 is 0 Å². The Hall–Kier alpha value is -3.14. The third-order valence-corrected chi connectivity index (χ3v) is 3.66. The van der Waals surface area contributed by atoms with Crippen LogP contribution in [0.15, 0.2) is 73.8 Å². The predicted molar refractivity (Wildman–Crippen MR) is 102 cm³/mol. The molecule has 26 heavy (non-hydrogen) atoms. The number of benzene rings is 2. The quantitative estimate of drug-likeness (QED) is 0.508. The fourth-order valence-electron chi connectivity index (χ4n) is 2.37. The summed E-state index contributed by atoms with van der Waals surface area (Å²) in [7, 11) is 0. The lowest BCUT2D eigenvalue weighted by molar-refractivity contribution is -0.142. The molecule has 0 saturated carbocycles. The van der Waals surface area contributed by atoms with Crippen molar-refractivity contribution in [3.63, 3.8) is 0 Å². The Balaban J connectivity index is 1.96. The van der Waals surface area contributed by atoms with Gasteiger partial charge in [-0.15, -0.1) is 0 Å². The Kier molecular flexibility index (Phi) is 7.37. The van der Waals surface area contributed by atoms with E-state index in [1.54, 1.807) is 12.2 Å². The van der Waals surface area contributed by atoms with Crippen LogP contribution in [0.5, 0.6) is 0 Å². The van der Waals surface area contributed by atoms with Gasteiger partial charge in [-0.25, -0.2) is 0 Å². The fourth-order valence-corrected chi connectivity index (χ4v) is 2.37. The molecule has 2 aromatic rings. The molecular weight excluding hydrogens is 328 g/mol. The molecule has 2 aromatic carbocycles. The van der Waals surface area contributed by atoms with Crippen LogP contribution in [0.4, 0.5) is 0 Å². The van der Waals surface area contributed by atoms with E-state index >= 15 is 0 Å². The molecular formula is C22H22O4. The van der Waals surface area contributed by atoms with Crippen molar-refractivity contribution >= 4 is 11.9 Å². The summed E-state index contributed by atoms with van der Waals surface area (Å²) in [5, 5.41) is 0. The van der Waals surface area contributed by atoms with E-state index in [9.17, 15) is 9.59 Å². The van der Waals surface area contributed by atoms with E-state index in [-0.39, 0.29) is 38.0 Å². The molecule has 0 radical (unpaired) electrons. The van der Waals surface area contributed by atoms with Gasteiger partial charge in [0.2, 0.25) is 0 Å². The van der Waals surface area contributed by atoms with Crippen LogP contribution in [0.1, 0.15) is 11.1 Å². The zero-order valence-electron chi connectivity index (χ0n) is 14.6. The maximum absolute atomic E-state index is 11.6. The van der Waals surface area contributed by atoms with Crippen LogP contribution in [-0.2, 0) is 31.9 Å². The minimum absolute atomic E-state index is 0.227. The molecule has 0 unspecified atom stereocenters. The molecule has 134 valence electrons. The van der Waals surface area contributed by atoms with Crippen LogP contribution in [0.2, 0.25) is 0 Å². The molecule has 0 saturated heterocycles. The minimum Gasteiger partial charge on any atom is -0.461 e. The number of rotatable bonds is 9. The third kappa shape index (κ3) is 6.06. The normalized spacial score (nSPS) is 10.0. The highest BCUT2D eigenvalue weighted by Crippen LogP contribution is 2.21. The van der Waals surface area contributed by atoms with Crippen molar-refractivity contribution in [2.24, 2.45) is 0 Å². The lowest BCUT2D eigenvalue weighted by atomic mass is 10.0. The Bertz CT molecular complexity index is 690. The van der Waals surface area contributed by atoms with Gasteiger partial charge in [0.05, 0.1) is 12.8 Å². The van der Waals surface area contributed by atoms with Gasteiger partial charge < -0.3 is 9.47 Å². The Morgan fingerprint density at radius 1 is 0.692 bits per heavy atom. The van der Waals surface area contributed by atoms with E-state index in [0.29, 0.717) is 0 Å². The monoisotopic (exact) mass is 350 g/mol. The van der Waals surface area contributed by atoms with E-state index in [1.807, 2.05) is 48.5 Å². The summed E-state index contributed by atoms with van der Waals surface area (Å²) in [4.78, 5) is 23.2. The molecule has 0 aliphatic rings. The number of hydrogen-bond acceptors (Lipinski definition) is 4. The Labute approximate surface area is 153 Å². The molecule has 0 heterocycles. The van der Waals surface area contributed by atoms with Crippen molar-refractivity contribution in [3.05, 3.63) is 85.0 Å². The summed E-state index contributed by atoms with van der Waals surface area (Å²) in [6.07, 6.45) is 3.56. The first-order chi connectivity index (χ1) is 12.6. The van der Waals surface area contributed by atoms with Gasteiger partial charge in [-0.2, -0.15) is 0 Å². The largest absolute Gasteiger partial charge is 0.461 e. The molecule has 0 bridgehead atoms. The fraction of sp³-hybridized carbons (Fsp3) is 0.182. The van der Waals surface area contributed by atoms with E-state index in [1.165, 1.54) is 0 Å². The summed E-state index contributed by atoms with van der Waals surface area (Å²) in [6.45, 7) is 7.48. The first-order valence-corrected chi connectivity index (χ1v) is 8.33. The van der Waals surface area contributed by atoms with E-state index in [4.69, 9.17) is 9.47 Å². The lowest BCUT2D eigenvalue weighted by Gasteiger charge is -2.06. The van der Waals surface area contributed by atoms with Crippen molar-refractivity contribution < 1.29 is 19.1 Å². The van der Waals surface area contributed by atoms with Crippen LogP contribution in [0.25, 0.3) is 11.1 Å². The molecule has 4 nitrogen and oxygen atoms in total. The Morgan fingerprint density at radius 3 is 1.35 bits per heavy atom. The summed E-state index contributed by atoms with van der Waals surface area (Å²) >= 11 is 0. The summed E-state index contributed by atoms with van der Waals surface area (Å²) in [5.74, 6) is -0.546. The number of ether oxygens (including phenoxy) is 2. The van der Waals surface area contributed by atoms with Gasteiger partial charge in [0.1, 0.15) is 13.2 Å². The highest BCUT2D eigenvalue weighted by molar-refractivity contribution is 5.74. The number of carbonyl (C=O) groups excluding carboxylic acids is 2. The SMILES string of the molecule is C=CCOC(=O)Cc1ccc(-c2ccc(CC(=O)OCC=C)cc2)cc1. The molecule has 0 amide bonds. The van der Waals surface area contributed by atoms with Gasteiger partial charge in [0.15, 0.2) is 0 Å². The van der Waals surface area contributed by atoms with Crippen molar-refractivity contribution in [1.82, 2.24) is 0 Å². The van der Waals surface area contributed by atoms with Crippen LogP contribution in [0, 0.1) is 0 Å². The van der Waals surface area contributed by atoms with Crippen LogP contribution >= 0.6 is 0 Å². The molecule has 2 rings (SSSR count). The van der Waals surface area contributed by atoms with E-state index in [2.05, 4.69) is 13.2 Å². The van der Waals surface area contributed by atoms with Crippen molar-refractivity contribution in [1.29, 1.82) is 0 Å². The molecule has 0 spiro atoms. The maximum Gasteiger partial charge on any atom is 0.310 e. The zero-order valence-corrected chi connectivity index (χ0v) is 14.6. The predicted octanol–water partition coefficient (Wildman–Crippen LogP) is 3.90. The van der Waals surface area contributed by atoms with Crippen LogP contribution in [0.3, 0.4) is 0 Å². The summed E-state index contributed by atoms with van der Waals surface area (Å²) in [6, 6.07) is 15.5. The standard InChI is InChI=1S/C22H22O4/c1-3-13-25-21(23)15-17-5-9-19(10-6-17)20-11-7-18(8-12-20)16-22(24)26-14-4-2/h3-12H,1-2,13-16H2. The minimum atomic E-state index is -0.273. The van der Waals surface area contributed by atoms with Crippen molar-refractivity contribution in [2.45, 2.75) is 12.8 Å². The van der Waals surface area contributed by atoms with Crippen molar-refractivity contribution in [3.8, 4) is 11.1 Å². The first kappa shape index (κ1) is 19.2. The number of carbonyl (C=O) groups is 2. The number of hydrogen-bond donors (Lipinski definition) is 0. The zero-order chi connectivity index (χ0) is 18.8. The first-order valence-electron chi connectivity index (χ1n) is 8.33. The Morgan fingerprint density at radius 2 is 1.04 bits per heavy atom. The average Bonchev–Trinajstić information content (AvgIpc) is 2.66. The van der Waals surface area contributed by atoms with Gasteiger partial charge >= 0.3 is 11.9 Å². The molecule has 0 fully saturated rings. The molecule has 0 aliphatic carbocycles.